The van der Waals surface area contributed by atoms with Crippen molar-refractivity contribution in [2.75, 3.05) is 0 Å². The Kier molecular flexibility index (Phi) is 6.26. The molecule has 0 fully saturated rings. The molecule has 188 valence electrons. The largest absolute Gasteiger partial charge is 0.366 e. The SMILES string of the molecule is NC(=O)c1ccc2c(c1)CCc1cc(C(N)=O)ccc1C2(C[C@@H](N)Cc1ccc(F)cc1)c1nnn[nH]1. The Morgan fingerprint density at radius 1 is 0.919 bits per heavy atom. The van der Waals surface area contributed by atoms with Gasteiger partial charge in [-0.15, -0.1) is 5.10 Å². The summed E-state index contributed by atoms with van der Waals surface area (Å²) in [5.41, 5.74) is 22.3. The standard InChI is InChI=1S/C27H26FN7O2/c28-20-7-1-15(2-8-20)11-21(29)14-27(26-32-34-35-33-26)22-9-5-18(24(30)36)12-16(22)3-4-17-13-19(25(31)37)6-10-23(17)27/h1-2,5-10,12-13,21H,3-4,11,14,29H2,(H2,30,36)(H2,31,37)(H,32,33,34,35)/t21-/m0/s1. The monoisotopic (exact) mass is 499 g/mol. The Bertz CT molecular complexity index is 1400. The number of nitrogens with one attached hydrogen (secondary N) is 1. The van der Waals surface area contributed by atoms with Gasteiger partial charge in [0.15, 0.2) is 5.82 Å². The molecule has 7 N–H and O–H groups in total. The smallest absolute Gasteiger partial charge is 0.248 e. The van der Waals surface area contributed by atoms with Gasteiger partial charge in [0, 0.05) is 17.2 Å². The minimum absolute atomic E-state index is 0.316. The zero-order chi connectivity index (χ0) is 26.2. The summed E-state index contributed by atoms with van der Waals surface area (Å²) >= 11 is 0. The number of aromatic amines is 1. The normalized spacial score (nSPS) is 14.8. The number of rotatable bonds is 7. The molecule has 1 aliphatic carbocycles. The summed E-state index contributed by atoms with van der Waals surface area (Å²) in [6.07, 6.45) is 2.03. The lowest BCUT2D eigenvalue weighted by molar-refractivity contribution is 0.0991. The van der Waals surface area contributed by atoms with Crippen molar-refractivity contribution in [3.8, 4) is 0 Å². The summed E-state index contributed by atoms with van der Waals surface area (Å²) in [7, 11) is 0. The number of aromatic nitrogens is 4. The third kappa shape index (κ3) is 4.47. The van der Waals surface area contributed by atoms with Gasteiger partial charge < -0.3 is 17.2 Å². The van der Waals surface area contributed by atoms with E-state index in [-0.39, 0.29) is 11.9 Å². The van der Waals surface area contributed by atoms with Crippen LogP contribution in [0.3, 0.4) is 0 Å². The predicted octanol–water partition coefficient (Wildman–Crippen LogP) is 1.93. The van der Waals surface area contributed by atoms with Gasteiger partial charge >= 0.3 is 0 Å². The predicted molar refractivity (Wildman–Crippen MR) is 134 cm³/mol. The first kappa shape index (κ1) is 24.3. The van der Waals surface area contributed by atoms with Crippen LogP contribution >= 0.6 is 0 Å². The maximum Gasteiger partial charge on any atom is 0.248 e. The minimum atomic E-state index is -0.934. The number of hydrogen-bond donors (Lipinski definition) is 4. The zero-order valence-electron chi connectivity index (χ0n) is 19.9. The highest BCUT2D eigenvalue weighted by Gasteiger charge is 2.45. The second-order valence-corrected chi connectivity index (χ2v) is 9.42. The molecule has 0 aliphatic heterocycles. The molecular weight excluding hydrogens is 473 g/mol. The number of nitrogens with two attached hydrogens (primary N) is 3. The van der Waals surface area contributed by atoms with E-state index in [2.05, 4.69) is 20.6 Å². The molecule has 1 aromatic heterocycles. The molecule has 0 spiro atoms. The van der Waals surface area contributed by atoms with Gasteiger partial charge in [0.05, 0.1) is 5.41 Å². The minimum Gasteiger partial charge on any atom is -0.366 e. The summed E-state index contributed by atoms with van der Waals surface area (Å²) in [5, 5.41) is 15.0. The lowest BCUT2D eigenvalue weighted by Gasteiger charge is -2.36. The average Bonchev–Trinajstić information content (AvgIpc) is 3.39. The molecule has 0 saturated heterocycles. The molecule has 37 heavy (non-hydrogen) atoms. The molecule has 0 radical (unpaired) electrons. The molecule has 9 nitrogen and oxygen atoms in total. The first-order chi connectivity index (χ1) is 17.8. The molecule has 5 rings (SSSR count). The number of fused-ring (bicyclic) bond motifs is 2. The molecule has 2 amide bonds. The van der Waals surface area contributed by atoms with E-state index >= 15 is 0 Å². The Morgan fingerprint density at radius 2 is 1.49 bits per heavy atom. The van der Waals surface area contributed by atoms with Gasteiger partial charge in [-0.1, -0.05) is 24.3 Å². The molecule has 1 aliphatic rings. The highest BCUT2D eigenvalue weighted by atomic mass is 19.1. The van der Waals surface area contributed by atoms with Crippen molar-refractivity contribution in [2.24, 2.45) is 17.2 Å². The number of carbonyl (C=O) groups excluding carboxylic acids is 2. The van der Waals surface area contributed by atoms with Crippen molar-refractivity contribution >= 4 is 11.8 Å². The van der Waals surface area contributed by atoms with Crippen LogP contribution in [0.15, 0.2) is 60.7 Å². The molecule has 1 heterocycles. The third-order valence-corrected chi connectivity index (χ3v) is 7.09. The number of carbonyl (C=O) groups is 2. The molecule has 0 saturated carbocycles. The molecule has 10 heteroatoms. The van der Waals surface area contributed by atoms with E-state index < -0.39 is 17.2 Å². The van der Waals surface area contributed by atoms with Crippen LogP contribution in [0, 0.1) is 5.82 Å². The molecule has 0 bridgehead atoms. The van der Waals surface area contributed by atoms with Gasteiger partial charge in [-0.05, 0) is 100 Å². The molecule has 0 unspecified atom stereocenters. The van der Waals surface area contributed by atoms with Gasteiger partial charge in [0.1, 0.15) is 5.82 Å². The van der Waals surface area contributed by atoms with E-state index in [1.807, 2.05) is 12.1 Å². The van der Waals surface area contributed by atoms with Crippen molar-refractivity contribution in [1.29, 1.82) is 0 Å². The number of nitrogens with zero attached hydrogens (tertiary/aromatic N) is 3. The van der Waals surface area contributed by atoms with Gasteiger partial charge in [0.25, 0.3) is 0 Å². The van der Waals surface area contributed by atoms with Gasteiger partial charge in [-0.3, -0.25) is 9.59 Å². The Labute approximate surface area is 212 Å². The highest BCUT2D eigenvalue weighted by molar-refractivity contribution is 5.94. The first-order valence-electron chi connectivity index (χ1n) is 11.9. The van der Waals surface area contributed by atoms with Gasteiger partial charge in [-0.25, -0.2) is 9.49 Å². The second kappa shape index (κ2) is 9.55. The maximum atomic E-state index is 13.5. The summed E-state index contributed by atoms with van der Waals surface area (Å²) in [5.74, 6) is -0.894. The molecule has 1 atom stereocenters. The van der Waals surface area contributed by atoms with Crippen LogP contribution in [-0.4, -0.2) is 38.5 Å². The molecule has 4 aromatic rings. The topological polar surface area (TPSA) is 167 Å². The third-order valence-electron chi connectivity index (χ3n) is 7.09. The fourth-order valence-electron chi connectivity index (χ4n) is 5.46. The van der Waals surface area contributed by atoms with Crippen molar-refractivity contribution in [3.63, 3.8) is 0 Å². The number of hydrogen-bond acceptors (Lipinski definition) is 6. The summed E-state index contributed by atoms with van der Waals surface area (Å²) in [6, 6.07) is 16.6. The highest BCUT2D eigenvalue weighted by Crippen LogP contribution is 2.47. The van der Waals surface area contributed by atoms with E-state index in [9.17, 15) is 14.0 Å². The number of benzene rings is 3. The van der Waals surface area contributed by atoms with Crippen molar-refractivity contribution in [3.05, 3.63) is 111 Å². The van der Waals surface area contributed by atoms with Crippen LogP contribution in [-0.2, 0) is 24.7 Å². The van der Waals surface area contributed by atoms with Crippen LogP contribution in [0.1, 0.15) is 60.8 Å². The summed E-state index contributed by atoms with van der Waals surface area (Å²) in [6.45, 7) is 0. The van der Waals surface area contributed by atoms with Crippen LogP contribution in [0.4, 0.5) is 4.39 Å². The van der Waals surface area contributed by atoms with Crippen LogP contribution in [0.2, 0.25) is 0 Å². The second-order valence-electron chi connectivity index (χ2n) is 9.42. The number of primary amides is 2. The fraction of sp³-hybridized carbons (Fsp3) is 0.222. The number of aryl methyl sites for hydroxylation is 2. The Hall–Kier alpha value is -4.44. The average molecular weight is 500 g/mol. The van der Waals surface area contributed by atoms with Gasteiger partial charge in [-0.2, -0.15) is 0 Å². The first-order valence-corrected chi connectivity index (χ1v) is 11.9. The Morgan fingerprint density at radius 3 is 1.97 bits per heavy atom. The van der Waals surface area contributed by atoms with E-state index in [1.165, 1.54) is 12.1 Å². The molecular formula is C27H26FN7O2. The summed E-state index contributed by atoms with van der Waals surface area (Å²) < 4.78 is 13.5. The fourth-order valence-corrected chi connectivity index (χ4v) is 5.46. The van der Waals surface area contributed by atoms with Crippen LogP contribution in [0.5, 0.6) is 0 Å². The van der Waals surface area contributed by atoms with E-state index in [0.717, 1.165) is 27.8 Å². The maximum absolute atomic E-state index is 13.5. The van der Waals surface area contributed by atoms with Crippen LogP contribution < -0.4 is 17.2 Å². The van der Waals surface area contributed by atoms with Gasteiger partial charge in [0.2, 0.25) is 11.8 Å². The Balaban J connectivity index is 1.72. The molecule has 3 aromatic carbocycles. The quantitative estimate of drug-likeness (QED) is 0.303. The van der Waals surface area contributed by atoms with E-state index in [4.69, 9.17) is 17.2 Å². The van der Waals surface area contributed by atoms with Crippen molar-refractivity contribution < 1.29 is 14.0 Å². The zero-order valence-corrected chi connectivity index (χ0v) is 19.9. The summed E-state index contributed by atoms with van der Waals surface area (Å²) in [4.78, 5) is 24.0. The van der Waals surface area contributed by atoms with Crippen molar-refractivity contribution in [1.82, 2.24) is 20.6 Å². The van der Waals surface area contributed by atoms with Crippen molar-refractivity contribution in [2.45, 2.75) is 37.1 Å². The number of tetrazole rings is 1. The lowest BCUT2D eigenvalue weighted by atomic mass is 9.67. The number of H-pyrrole nitrogens is 1. The van der Waals surface area contributed by atoms with Crippen LogP contribution in [0.25, 0.3) is 0 Å². The lowest BCUT2D eigenvalue weighted by Crippen LogP contribution is -2.40. The van der Waals surface area contributed by atoms with E-state index in [1.54, 1.807) is 36.4 Å². The van der Waals surface area contributed by atoms with E-state index in [0.29, 0.717) is 42.6 Å². The number of halogens is 1. The number of amides is 2.